The third kappa shape index (κ3) is 4.60. The fourth-order valence-corrected chi connectivity index (χ4v) is 3.00. The number of nitrogens with one attached hydrogen (secondary N) is 1. The van der Waals surface area contributed by atoms with Gasteiger partial charge in [-0.15, -0.1) is 0 Å². The van der Waals surface area contributed by atoms with E-state index in [1.54, 1.807) is 18.2 Å². The Morgan fingerprint density at radius 3 is 2.76 bits per heavy atom. The fraction of sp³-hybridized carbons (Fsp3) is 0.562. The van der Waals surface area contributed by atoms with E-state index in [0.29, 0.717) is 21.7 Å². The van der Waals surface area contributed by atoms with Gasteiger partial charge in [-0.1, -0.05) is 36.5 Å². The molecular formula is C16H22Cl2N2O. The maximum Gasteiger partial charge on any atom is 0.253 e. The van der Waals surface area contributed by atoms with Crippen molar-refractivity contribution in [3.05, 3.63) is 33.8 Å². The van der Waals surface area contributed by atoms with Gasteiger partial charge in [0.25, 0.3) is 5.91 Å². The molecule has 0 radical (unpaired) electrons. The molecule has 21 heavy (non-hydrogen) atoms. The fourth-order valence-electron chi connectivity index (χ4n) is 2.70. The van der Waals surface area contributed by atoms with E-state index in [4.69, 9.17) is 23.2 Å². The number of hydrogen-bond acceptors (Lipinski definition) is 2. The number of piperidine rings is 1. The zero-order chi connectivity index (χ0) is 15.2. The maximum absolute atomic E-state index is 12.7. The molecule has 1 amide bonds. The van der Waals surface area contributed by atoms with Gasteiger partial charge in [0.1, 0.15) is 0 Å². The summed E-state index contributed by atoms with van der Waals surface area (Å²) in [5, 5.41) is 4.40. The SMILES string of the molecule is CCCN(CC1CCCCN1)C(=O)c1ccc(Cl)c(Cl)c1. The lowest BCUT2D eigenvalue weighted by atomic mass is 10.0. The molecule has 0 aromatic heterocycles. The van der Waals surface area contributed by atoms with Gasteiger partial charge in [0.15, 0.2) is 0 Å². The Labute approximate surface area is 136 Å². The number of halogens is 2. The number of carbonyl (C=O) groups excluding carboxylic acids is 1. The van der Waals surface area contributed by atoms with Crippen molar-refractivity contribution >= 4 is 29.1 Å². The van der Waals surface area contributed by atoms with Crippen LogP contribution >= 0.6 is 23.2 Å². The summed E-state index contributed by atoms with van der Waals surface area (Å²) in [5.74, 6) is 0.0304. The Bertz CT molecular complexity index is 487. The number of benzene rings is 1. The van der Waals surface area contributed by atoms with Gasteiger partial charge in [-0.3, -0.25) is 4.79 Å². The minimum atomic E-state index is 0.0304. The van der Waals surface area contributed by atoms with Crippen LogP contribution in [0.25, 0.3) is 0 Å². The van der Waals surface area contributed by atoms with E-state index in [1.165, 1.54) is 12.8 Å². The van der Waals surface area contributed by atoms with Crippen LogP contribution in [0.2, 0.25) is 10.0 Å². The monoisotopic (exact) mass is 328 g/mol. The van der Waals surface area contributed by atoms with Crippen LogP contribution in [-0.4, -0.2) is 36.5 Å². The first kappa shape index (κ1) is 16.6. The number of rotatable bonds is 5. The molecule has 116 valence electrons. The molecule has 1 atom stereocenters. The molecule has 0 bridgehead atoms. The van der Waals surface area contributed by atoms with E-state index in [9.17, 15) is 4.79 Å². The Morgan fingerprint density at radius 1 is 1.33 bits per heavy atom. The first-order chi connectivity index (χ1) is 10.1. The topological polar surface area (TPSA) is 32.3 Å². The second-order valence-corrected chi connectivity index (χ2v) is 6.34. The van der Waals surface area contributed by atoms with Crippen molar-refractivity contribution < 1.29 is 4.79 Å². The predicted molar refractivity (Wildman–Crippen MR) is 88.3 cm³/mol. The minimum absolute atomic E-state index is 0.0304. The zero-order valence-corrected chi connectivity index (χ0v) is 13.9. The molecule has 3 nitrogen and oxygen atoms in total. The number of amides is 1. The molecule has 2 rings (SSSR count). The van der Waals surface area contributed by atoms with E-state index < -0.39 is 0 Å². The predicted octanol–water partition coefficient (Wildman–Crippen LogP) is 3.99. The van der Waals surface area contributed by atoms with E-state index in [0.717, 1.165) is 32.5 Å². The van der Waals surface area contributed by atoms with Gasteiger partial charge in [0.2, 0.25) is 0 Å². The summed E-state index contributed by atoms with van der Waals surface area (Å²) in [4.78, 5) is 14.6. The molecule has 1 N–H and O–H groups in total. The summed E-state index contributed by atoms with van der Waals surface area (Å²) < 4.78 is 0. The van der Waals surface area contributed by atoms with Crippen LogP contribution in [0.1, 0.15) is 43.0 Å². The van der Waals surface area contributed by atoms with Crippen molar-refractivity contribution in [1.82, 2.24) is 10.2 Å². The molecule has 5 heteroatoms. The summed E-state index contributed by atoms with van der Waals surface area (Å²) in [6, 6.07) is 5.48. The Balaban J connectivity index is 2.08. The molecule has 0 spiro atoms. The molecule has 0 saturated carbocycles. The van der Waals surface area contributed by atoms with Crippen LogP contribution < -0.4 is 5.32 Å². The first-order valence-electron chi connectivity index (χ1n) is 7.59. The van der Waals surface area contributed by atoms with Gasteiger partial charge in [-0.25, -0.2) is 0 Å². The smallest absolute Gasteiger partial charge is 0.253 e. The summed E-state index contributed by atoms with van der Waals surface area (Å²) in [7, 11) is 0. The summed E-state index contributed by atoms with van der Waals surface area (Å²) in [6.07, 6.45) is 4.54. The molecule has 1 fully saturated rings. The summed E-state index contributed by atoms with van der Waals surface area (Å²) in [6.45, 7) is 4.65. The highest BCUT2D eigenvalue weighted by atomic mass is 35.5. The normalized spacial score (nSPS) is 18.5. The Kier molecular flexibility index (Phi) is 6.34. The standard InChI is InChI=1S/C16H22Cl2N2O/c1-2-9-20(11-13-5-3-4-8-19-13)16(21)12-6-7-14(17)15(18)10-12/h6-7,10,13,19H,2-5,8-9,11H2,1H3. The molecule has 0 aliphatic carbocycles. The van der Waals surface area contributed by atoms with Gasteiger partial charge in [0.05, 0.1) is 10.0 Å². The van der Waals surface area contributed by atoms with Crippen LogP contribution in [0.15, 0.2) is 18.2 Å². The Hall–Kier alpha value is -0.770. The van der Waals surface area contributed by atoms with Crippen molar-refractivity contribution in [3.63, 3.8) is 0 Å². The van der Waals surface area contributed by atoms with E-state index >= 15 is 0 Å². The summed E-state index contributed by atoms with van der Waals surface area (Å²) >= 11 is 11.9. The van der Waals surface area contributed by atoms with Gasteiger partial charge in [-0.2, -0.15) is 0 Å². The minimum Gasteiger partial charge on any atom is -0.337 e. The molecule has 1 aliphatic heterocycles. The van der Waals surface area contributed by atoms with Crippen LogP contribution in [0.3, 0.4) is 0 Å². The lowest BCUT2D eigenvalue weighted by molar-refractivity contribution is 0.0732. The number of carbonyl (C=O) groups is 1. The van der Waals surface area contributed by atoms with Gasteiger partial charge >= 0.3 is 0 Å². The quantitative estimate of drug-likeness (QED) is 0.886. The van der Waals surface area contributed by atoms with Crippen molar-refractivity contribution in [2.24, 2.45) is 0 Å². The number of nitrogens with zero attached hydrogens (tertiary/aromatic N) is 1. The maximum atomic E-state index is 12.7. The summed E-state index contributed by atoms with van der Waals surface area (Å²) in [5.41, 5.74) is 0.605. The van der Waals surface area contributed by atoms with Crippen LogP contribution in [0.5, 0.6) is 0 Å². The molecule has 1 heterocycles. The first-order valence-corrected chi connectivity index (χ1v) is 8.35. The van der Waals surface area contributed by atoms with Crippen LogP contribution in [0, 0.1) is 0 Å². The zero-order valence-electron chi connectivity index (χ0n) is 12.4. The van der Waals surface area contributed by atoms with Crippen molar-refractivity contribution in [2.75, 3.05) is 19.6 Å². The van der Waals surface area contributed by atoms with Gasteiger partial charge in [-0.05, 0) is 44.0 Å². The average Bonchev–Trinajstić information content (AvgIpc) is 2.50. The molecule has 1 saturated heterocycles. The molecule has 1 unspecified atom stereocenters. The van der Waals surface area contributed by atoms with Crippen molar-refractivity contribution in [3.8, 4) is 0 Å². The molecule has 1 aromatic carbocycles. The third-order valence-corrected chi connectivity index (χ3v) is 4.54. The highest BCUT2D eigenvalue weighted by Crippen LogP contribution is 2.23. The van der Waals surface area contributed by atoms with Crippen LogP contribution in [0.4, 0.5) is 0 Å². The molecule has 1 aromatic rings. The highest BCUT2D eigenvalue weighted by Gasteiger charge is 2.21. The van der Waals surface area contributed by atoms with Crippen molar-refractivity contribution in [1.29, 1.82) is 0 Å². The van der Waals surface area contributed by atoms with E-state index in [2.05, 4.69) is 12.2 Å². The lowest BCUT2D eigenvalue weighted by Crippen LogP contribution is -2.46. The van der Waals surface area contributed by atoms with Gasteiger partial charge < -0.3 is 10.2 Å². The van der Waals surface area contributed by atoms with E-state index in [-0.39, 0.29) is 5.91 Å². The third-order valence-electron chi connectivity index (χ3n) is 3.80. The largest absolute Gasteiger partial charge is 0.337 e. The average molecular weight is 329 g/mol. The second kappa shape index (κ2) is 8.02. The van der Waals surface area contributed by atoms with Crippen LogP contribution in [-0.2, 0) is 0 Å². The van der Waals surface area contributed by atoms with Crippen molar-refractivity contribution in [2.45, 2.75) is 38.6 Å². The number of hydrogen-bond donors (Lipinski definition) is 1. The lowest BCUT2D eigenvalue weighted by Gasteiger charge is -2.30. The molecular weight excluding hydrogens is 307 g/mol. The Morgan fingerprint density at radius 2 is 2.14 bits per heavy atom. The molecule has 1 aliphatic rings. The highest BCUT2D eigenvalue weighted by molar-refractivity contribution is 6.42. The second-order valence-electron chi connectivity index (χ2n) is 5.53. The van der Waals surface area contributed by atoms with E-state index in [1.807, 2.05) is 4.90 Å². The van der Waals surface area contributed by atoms with Gasteiger partial charge in [0, 0.05) is 24.7 Å².